The Morgan fingerprint density at radius 1 is 1.40 bits per heavy atom. The van der Waals surface area contributed by atoms with Crippen LogP contribution in [0.25, 0.3) is 0 Å². The van der Waals surface area contributed by atoms with Crippen LogP contribution in [0.1, 0.15) is 6.42 Å². The van der Waals surface area contributed by atoms with Gasteiger partial charge in [-0.3, -0.25) is 9.59 Å². The maximum atomic E-state index is 12.8. The van der Waals surface area contributed by atoms with Crippen molar-refractivity contribution in [1.82, 2.24) is 0 Å². The van der Waals surface area contributed by atoms with Gasteiger partial charge in [-0.15, -0.1) is 0 Å². The Morgan fingerprint density at radius 2 is 2.07 bits per heavy atom. The molecule has 3 N–H and O–H groups in total. The van der Waals surface area contributed by atoms with Crippen LogP contribution in [0.15, 0.2) is 18.2 Å². The van der Waals surface area contributed by atoms with Crippen molar-refractivity contribution < 1.29 is 14.0 Å². The average Bonchev–Trinajstić information content (AvgIpc) is 1.98. The van der Waals surface area contributed by atoms with Crippen LogP contribution in [0.2, 0.25) is 5.02 Å². The van der Waals surface area contributed by atoms with Crippen molar-refractivity contribution >= 4 is 29.1 Å². The molecule has 0 fully saturated rings. The molecule has 0 spiro atoms. The van der Waals surface area contributed by atoms with Gasteiger partial charge in [-0.2, -0.15) is 0 Å². The number of hydrogen-bond acceptors (Lipinski definition) is 2. The highest BCUT2D eigenvalue weighted by atomic mass is 35.5. The number of hydrogen-bond donors (Lipinski definition) is 2. The number of rotatable bonds is 3. The largest absolute Gasteiger partial charge is 0.369 e. The molecule has 0 radical (unpaired) electrons. The Morgan fingerprint density at radius 3 is 2.60 bits per heavy atom. The molecule has 0 bridgehead atoms. The Kier molecular flexibility index (Phi) is 3.62. The Hall–Kier alpha value is -1.62. The third-order valence-corrected chi connectivity index (χ3v) is 1.70. The normalized spacial score (nSPS) is 9.73. The first-order chi connectivity index (χ1) is 6.97. The lowest BCUT2D eigenvalue weighted by atomic mass is 10.3. The Bertz CT molecular complexity index is 389. The van der Waals surface area contributed by atoms with Crippen molar-refractivity contribution in [2.75, 3.05) is 5.32 Å². The number of carbonyl (C=O) groups excluding carboxylic acids is 2. The SMILES string of the molecule is NC(=O)CC(=O)Nc1cc(F)cc(Cl)c1. The molecular weight excluding hydrogens is 223 g/mol. The fourth-order valence-corrected chi connectivity index (χ4v) is 1.21. The van der Waals surface area contributed by atoms with E-state index in [1.807, 2.05) is 0 Å². The third kappa shape index (κ3) is 3.95. The molecule has 2 amide bonds. The van der Waals surface area contributed by atoms with E-state index in [0.29, 0.717) is 0 Å². The first-order valence-electron chi connectivity index (χ1n) is 4.01. The highest BCUT2D eigenvalue weighted by Crippen LogP contribution is 2.17. The monoisotopic (exact) mass is 230 g/mol. The highest BCUT2D eigenvalue weighted by Gasteiger charge is 2.07. The second-order valence-corrected chi connectivity index (χ2v) is 3.29. The number of anilines is 1. The Labute approximate surface area is 90.2 Å². The second kappa shape index (κ2) is 4.75. The molecule has 0 saturated carbocycles. The van der Waals surface area contributed by atoms with Gasteiger partial charge in [0.15, 0.2) is 0 Å². The maximum absolute atomic E-state index is 12.8. The molecule has 0 atom stereocenters. The van der Waals surface area contributed by atoms with Crippen LogP contribution in [-0.2, 0) is 9.59 Å². The zero-order valence-electron chi connectivity index (χ0n) is 7.59. The number of primary amides is 1. The molecule has 15 heavy (non-hydrogen) atoms. The molecule has 1 rings (SSSR count). The van der Waals surface area contributed by atoms with Gasteiger partial charge in [0.25, 0.3) is 0 Å². The van der Waals surface area contributed by atoms with Crippen molar-refractivity contribution in [3.05, 3.63) is 29.0 Å². The van der Waals surface area contributed by atoms with Crippen molar-refractivity contribution in [1.29, 1.82) is 0 Å². The maximum Gasteiger partial charge on any atom is 0.233 e. The average molecular weight is 231 g/mol. The molecule has 6 heteroatoms. The van der Waals surface area contributed by atoms with Crippen LogP contribution in [0, 0.1) is 5.82 Å². The van der Waals surface area contributed by atoms with E-state index in [-0.39, 0.29) is 10.7 Å². The number of benzene rings is 1. The zero-order chi connectivity index (χ0) is 11.4. The number of nitrogens with one attached hydrogen (secondary N) is 1. The Balaban J connectivity index is 2.72. The summed E-state index contributed by atoms with van der Waals surface area (Å²) < 4.78 is 12.8. The summed E-state index contributed by atoms with van der Waals surface area (Å²) >= 11 is 5.56. The fraction of sp³-hybridized carbons (Fsp3) is 0.111. The minimum absolute atomic E-state index is 0.157. The lowest BCUT2D eigenvalue weighted by Gasteiger charge is -2.04. The van der Waals surface area contributed by atoms with Gasteiger partial charge in [-0.25, -0.2) is 4.39 Å². The molecule has 0 unspecified atom stereocenters. The van der Waals surface area contributed by atoms with E-state index in [0.717, 1.165) is 12.1 Å². The summed E-state index contributed by atoms with van der Waals surface area (Å²) in [5, 5.41) is 2.45. The minimum atomic E-state index is -0.755. The summed E-state index contributed by atoms with van der Waals surface area (Å²) in [6.45, 7) is 0. The first kappa shape index (κ1) is 11.5. The van der Waals surface area contributed by atoms with Gasteiger partial charge in [0, 0.05) is 10.7 Å². The van der Waals surface area contributed by atoms with Gasteiger partial charge in [0.05, 0.1) is 0 Å². The van der Waals surface area contributed by atoms with E-state index in [1.54, 1.807) is 0 Å². The van der Waals surface area contributed by atoms with Crippen LogP contribution < -0.4 is 11.1 Å². The summed E-state index contributed by atoms with van der Waals surface area (Å²) in [4.78, 5) is 21.5. The summed E-state index contributed by atoms with van der Waals surface area (Å²) in [5.41, 5.74) is 4.99. The molecule has 4 nitrogen and oxygen atoms in total. The van der Waals surface area contributed by atoms with Crippen molar-refractivity contribution in [3.63, 3.8) is 0 Å². The van der Waals surface area contributed by atoms with E-state index < -0.39 is 24.1 Å². The van der Waals surface area contributed by atoms with Crippen molar-refractivity contribution in [2.24, 2.45) is 5.73 Å². The summed E-state index contributed by atoms with van der Waals surface area (Å²) in [6.07, 6.45) is -0.450. The highest BCUT2D eigenvalue weighted by molar-refractivity contribution is 6.30. The predicted molar refractivity (Wildman–Crippen MR) is 53.9 cm³/mol. The molecule has 1 aromatic carbocycles. The topological polar surface area (TPSA) is 72.2 Å². The second-order valence-electron chi connectivity index (χ2n) is 2.85. The molecule has 0 saturated heterocycles. The molecular formula is C9H8ClFN2O2. The smallest absolute Gasteiger partial charge is 0.233 e. The van der Waals surface area contributed by atoms with Crippen LogP contribution >= 0.6 is 11.6 Å². The lowest BCUT2D eigenvalue weighted by Crippen LogP contribution is -2.21. The van der Waals surface area contributed by atoms with Crippen LogP contribution in [0.4, 0.5) is 10.1 Å². The van der Waals surface area contributed by atoms with E-state index in [9.17, 15) is 14.0 Å². The van der Waals surface area contributed by atoms with Crippen LogP contribution in [0.5, 0.6) is 0 Å². The van der Waals surface area contributed by atoms with Crippen molar-refractivity contribution in [3.8, 4) is 0 Å². The van der Waals surface area contributed by atoms with E-state index in [1.165, 1.54) is 6.07 Å². The zero-order valence-corrected chi connectivity index (χ0v) is 8.34. The molecule has 80 valence electrons. The number of carbonyl (C=O) groups is 2. The van der Waals surface area contributed by atoms with Crippen LogP contribution in [-0.4, -0.2) is 11.8 Å². The lowest BCUT2D eigenvalue weighted by molar-refractivity contribution is -0.124. The van der Waals surface area contributed by atoms with E-state index in [2.05, 4.69) is 5.32 Å². The van der Waals surface area contributed by atoms with Gasteiger partial charge < -0.3 is 11.1 Å². The quantitative estimate of drug-likeness (QED) is 0.768. The first-order valence-corrected chi connectivity index (χ1v) is 4.39. The molecule has 0 aliphatic rings. The van der Waals surface area contributed by atoms with Crippen LogP contribution in [0.3, 0.4) is 0 Å². The molecule has 0 aromatic heterocycles. The van der Waals surface area contributed by atoms with Gasteiger partial charge in [-0.1, -0.05) is 11.6 Å². The van der Waals surface area contributed by atoms with E-state index in [4.69, 9.17) is 17.3 Å². The number of amides is 2. The molecule has 0 heterocycles. The predicted octanol–water partition coefficient (Wildman–Crippen LogP) is 1.29. The van der Waals surface area contributed by atoms with Gasteiger partial charge in [-0.05, 0) is 18.2 Å². The van der Waals surface area contributed by atoms with Gasteiger partial charge in [0.2, 0.25) is 11.8 Å². The summed E-state index contributed by atoms with van der Waals surface area (Å²) in [6, 6.07) is 3.56. The standard InChI is InChI=1S/C9H8ClFN2O2/c10-5-1-6(11)3-7(2-5)13-9(15)4-8(12)14/h1-3H,4H2,(H2,12,14)(H,13,15). The third-order valence-electron chi connectivity index (χ3n) is 1.48. The van der Waals surface area contributed by atoms with Gasteiger partial charge in [0.1, 0.15) is 12.2 Å². The van der Waals surface area contributed by atoms with Crippen molar-refractivity contribution in [2.45, 2.75) is 6.42 Å². The van der Waals surface area contributed by atoms with Gasteiger partial charge >= 0.3 is 0 Å². The summed E-state index contributed by atoms with van der Waals surface area (Å²) in [5.74, 6) is -1.93. The minimum Gasteiger partial charge on any atom is -0.369 e. The van der Waals surface area contributed by atoms with E-state index >= 15 is 0 Å². The summed E-state index contributed by atoms with van der Waals surface area (Å²) in [7, 11) is 0. The molecule has 0 aliphatic heterocycles. The number of halogens is 2. The molecule has 1 aromatic rings. The molecule has 0 aliphatic carbocycles. The number of nitrogens with two attached hydrogens (primary N) is 1. The fourth-order valence-electron chi connectivity index (χ4n) is 0.989.